The van der Waals surface area contributed by atoms with Crippen LogP contribution < -0.4 is 5.32 Å². The molecule has 0 saturated carbocycles. The molecule has 1 aromatic carbocycles. The molecule has 114 valence electrons. The van der Waals surface area contributed by atoms with Gasteiger partial charge in [-0.3, -0.25) is 14.9 Å². The van der Waals surface area contributed by atoms with Gasteiger partial charge in [-0.2, -0.15) is 0 Å². The van der Waals surface area contributed by atoms with Gasteiger partial charge in [0.15, 0.2) is 0 Å². The zero-order chi connectivity index (χ0) is 15.6. The Balaban J connectivity index is 2.19. The van der Waals surface area contributed by atoms with Crippen molar-refractivity contribution in [3.05, 3.63) is 33.1 Å². The van der Waals surface area contributed by atoms with Crippen LogP contribution in [0.3, 0.4) is 0 Å². The number of halogens is 2. The van der Waals surface area contributed by atoms with Crippen molar-refractivity contribution in [2.75, 3.05) is 18.4 Å². The van der Waals surface area contributed by atoms with Crippen LogP contribution in [0.2, 0.25) is 5.02 Å². The number of anilines is 1. The maximum absolute atomic E-state index is 13.5. The molecule has 1 amide bonds. The first-order valence-corrected chi connectivity index (χ1v) is 6.96. The van der Waals surface area contributed by atoms with Crippen molar-refractivity contribution >= 4 is 28.9 Å². The Morgan fingerprint density at radius 2 is 2.10 bits per heavy atom. The number of rotatable bonds is 4. The SMILES string of the molecule is CC(Nc1cc(F)c(Cl)cc1[N+](=O)[O-])C(=O)N1CCCC1. The van der Waals surface area contributed by atoms with E-state index in [9.17, 15) is 19.3 Å². The number of nitro groups is 1. The summed E-state index contributed by atoms with van der Waals surface area (Å²) < 4.78 is 13.5. The number of nitrogens with one attached hydrogen (secondary N) is 1. The number of likely N-dealkylation sites (tertiary alicyclic amines) is 1. The molecule has 1 aliphatic heterocycles. The fourth-order valence-electron chi connectivity index (χ4n) is 2.31. The van der Waals surface area contributed by atoms with Gasteiger partial charge < -0.3 is 10.2 Å². The molecule has 6 nitrogen and oxygen atoms in total. The number of nitro benzene ring substituents is 1. The summed E-state index contributed by atoms with van der Waals surface area (Å²) in [7, 11) is 0. The summed E-state index contributed by atoms with van der Waals surface area (Å²) in [4.78, 5) is 24.2. The minimum absolute atomic E-state index is 0.0538. The molecule has 1 N–H and O–H groups in total. The topological polar surface area (TPSA) is 75.5 Å². The number of benzene rings is 1. The monoisotopic (exact) mass is 315 g/mol. The normalized spacial score (nSPS) is 15.9. The van der Waals surface area contributed by atoms with Crippen LogP contribution in [0.5, 0.6) is 0 Å². The summed E-state index contributed by atoms with van der Waals surface area (Å²) in [5.41, 5.74) is -0.413. The highest BCUT2D eigenvalue weighted by molar-refractivity contribution is 6.31. The minimum Gasteiger partial charge on any atom is -0.368 e. The Kier molecular flexibility index (Phi) is 4.62. The fraction of sp³-hybridized carbons (Fsp3) is 0.462. The van der Waals surface area contributed by atoms with E-state index in [0.717, 1.165) is 25.0 Å². The summed E-state index contributed by atoms with van der Waals surface area (Å²) in [5.74, 6) is -0.928. The van der Waals surface area contributed by atoms with Crippen LogP contribution in [0, 0.1) is 15.9 Å². The van der Waals surface area contributed by atoms with Gasteiger partial charge in [0.1, 0.15) is 17.5 Å². The van der Waals surface area contributed by atoms with Crippen LogP contribution in [0.15, 0.2) is 12.1 Å². The molecule has 21 heavy (non-hydrogen) atoms. The van der Waals surface area contributed by atoms with Crippen LogP contribution >= 0.6 is 11.6 Å². The second-order valence-electron chi connectivity index (χ2n) is 4.94. The molecule has 1 aromatic rings. The van der Waals surface area contributed by atoms with Crippen molar-refractivity contribution in [3.8, 4) is 0 Å². The van der Waals surface area contributed by atoms with E-state index in [1.807, 2.05) is 0 Å². The number of hydrogen-bond donors (Lipinski definition) is 1. The Morgan fingerprint density at radius 3 is 2.67 bits per heavy atom. The zero-order valence-electron chi connectivity index (χ0n) is 11.4. The maximum atomic E-state index is 13.5. The third-order valence-corrected chi connectivity index (χ3v) is 3.69. The van der Waals surface area contributed by atoms with Gasteiger partial charge in [-0.15, -0.1) is 0 Å². The van der Waals surface area contributed by atoms with Gasteiger partial charge in [0, 0.05) is 25.2 Å². The first-order valence-electron chi connectivity index (χ1n) is 6.59. The van der Waals surface area contributed by atoms with Crippen LogP contribution in [-0.2, 0) is 4.79 Å². The van der Waals surface area contributed by atoms with E-state index in [1.165, 1.54) is 0 Å². The molecule has 2 rings (SSSR count). The third kappa shape index (κ3) is 3.41. The standard InChI is InChI=1S/C13H15ClFN3O3/c1-8(13(19)17-4-2-3-5-17)16-11-7-10(15)9(14)6-12(11)18(20)21/h6-8,16H,2-5H2,1H3. The molecular weight excluding hydrogens is 301 g/mol. The van der Waals surface area contributed by atoms with Gasteiger partial charge in [0.2, 0.25) is 5.91 Å². The van der Waals surface area contributed by atoms with Crippen LogP contribution in [-0.4, -0.2) is 34.9 Å². The van der Waals surface area contributed by atoms with E-state index in [1.54, 1.807) is 11.8 Å². The lowest BCUT2D eigenvalue weighted by molar-refractivity contribution is -0.384. The molecule has 0 bridgehead atoms. The van der Waals surface area contributed by atoms with Crippen LogP contribution in [0.25, 0.3) is 0 Å². The Labute approximate surface area is 126 Å². The van der Waals surface area contributed by atoms with Crippen LogP contribution in [0.4, 0.5) is 15.8 Å². The van der Waals surface area contributed by atoms with Gasteiger partial charge in [0.25, 0.3) is 5.69 Å². The van der Waals surface area contributed by atoms with Gasteiger partial charge in [0.05, 0.1) is 9.95 Å². The third-order valence-electron chi connectivity index (χ3n) is 3.40. The predicted octanol–water partition coefficient (Wildman–Crippen LogP) is 2.81. The minimum atomic E-state index is -0.773. The molecule has 1 unspecified atom stereocenters. The molecule has 0 aliphatic carbocycles. The van der Waals surface area contributed by atoms with E-state index < -0.39 is 16.8 Å². The summed E-state index contributed by atoms with van der Waals surface area (Å²) in [5, 5.41) is 13.4. The highest BCUT2D eigenvalue weighted by atomic mass is 35.5. The lowest BCUT2D eigenvalue weighted by atomic mass is 10.2. The molecule has 1 fully saturated rings. The van der Waals surface area contributed by atoms with Gasteiger partial charge >= 0.3 is 0 Å². The van der Waals surface area contributed by atoms with Crippen LogP contribution in [0.1, 0.15) is 19.8 Å². The van der Waals surface area contributed by atoms with Crippen molar-refractivity contribution in [2.45, 2.75) is 25.8 Å². The molecule has 0 aromatic heterocycles. The van der Waals surface area contributed by atoms with Gasteiger partial charge in [-0.05, 0) is 19.8 Å². The van der Waals surface area contributed by atoms with Crippen molar-refractivity contribution in [2.24, 2.45) is 0 Å². The van der Waals surface area contributed by atoms with E-state index in [4.69, 9.17) is 11.6 Å². The number of carbonyl (C=O) groups is 1. The van der Waals surface area contributed by atoms with E-state index in [0.29, 0.717) is 13.1 Å². The van der Waals surface area contributed by atoms with Crippen molar-refractivity contribution in [3.63, 3.8) is 0 Å². The number of carbonyl (C=O) groups excluding carboxylic acids is 1. The second kappa shape index (κ2) is 6.26. The van der Waals surface area contributed by atoms with Crippen molar-refractivity contribution in [1.29, 1.82) is 0 Å². The van der Waals surface area contributed by atoms with E-state index in [-0.39, 0.29) is 22.3 Å². The highest BCUT2D eigenvalue weighted by Gasteiger charge is 2.26. The summed E-state index contributed by atoms with van der Waals surface area (Å²) >= 11 is 5.55. The van der Waals surface area contributed by atoms with Crippen molar-refractivity contribution < 1.29 is 14.1 Å². The maximum Gasteiger partial charge on any atom is 0.294 e. The summed E-state index contributed by atoms with van der Waals surface area (Å²) in [6, 6.07) is 1.20. The average Bonchev–Trinajstić information content (AvgIpc) is 2.95. The predicted molar refractivity (Wildman–Crippen MR) is 77.0 cm³/mol. The van der Waals surface area contributed by atoms with E-state index >= 15 is 0 Å². The molecule has 1 saturated heterocycles. The molecule has 0 spiro atoms. The van der Waals surface area contributed by atoms with E-state index in [2.05, 4.69) is 5.32 Å². The zero-order valence-corrected chi connectivity index (χ0v) is 12.2. The average molecular weight is 316 g/mol. The molecule has 1 heterocycles. The first-order chi connectivity index (χ1) is 9.90. The number of nitrogens with zero attached hydrogens (tertiary/aromatic N) is 2. The molecule has 8 heteroatoms. The molecular formula is C13H15ClFN3O3. The Hall–Kier alpha value is -1.89. The summed E-state index contributed by atoms with van der Waals surface area (Å²) in [6.07, 6.45) is 1.91. The highest BCUT2D eigenvalue weighted by Crippen LogP contribution is 2.31. The lowest BCUT2D eigenvalue weighted by Gasteiger charge is -2.21. The quantitative estimate of drug-likeness (QED) is 0.684. The molecule has 1 atom stereocenters. The fourth-order valence-corrected chi connectivity index (χ4v) is 2.47. The molecule has 0 radical (unpaired) electrons. The Bertz CT molecular complexity index is 576. The lowest BCUT2D eigenvalue weighted by Crippen LogP contribution is -2.39. The van der Waals surface area contributed by atoms with Crippen molar-refractivity contribution in [1.82, 2.24) is 4.90 Å². The van der Waals surface area contributed by atoms with Gasteiger partial charge in [-0.1, -0.05) is 11.6 Å². The smallest absolute Gasteiger partial charge is 0.294 e. The van der Waals surface area contributed by atoms with Gasteiger partial charge in [-0.25, -0.2) is 4.39 Å². The number of hydrogen-bond acceptors (Lipinski definition) is 4. The second-order valence-corrected chi connectivity index (χ2v) is 5.35. The largest absolute Gasteiger partial charge is 0.368 e. The first kappa shape index (κ1) is 15.5. The molecule has 1 aliphatic rings. The summed E-state index contributed by atoms with van der Waals surface area (Å²) in [6.45, 7) is 2.96. The number of amides is 1. The Morgan fingerprint density at radius 1 is 1.48 bits per heavy atom.